The van der Waals surface area contributed by atoms with Crippen molar-refractivity contribution in [3.8, 4) is 0 Å². The zero-order valence-corrected chi connectivity index (χ0v) is 15.7. The molecule has 25 heavy (non-hydrogen) atoms. The number of nitrogens with one attached hydrogen (secondary N) is 1. The summed E-state index contributed by atoms with van der Waals surface area (Å²) in [5, 5.41) is 2.99. The molecule has 1 saturated carbocycles. The molecule has 0 saturated heterocycles. The number of alkyl carbamates (subject to hydrolysis) is 1. The molecule has 1 amide bonds. The predicted octanol–water partition coefficient (Wildman–Crippen LogP) is 4.96. The first-order chi connectivity index (χ1) is 11.9. The Morgan fingerprint density at radius 2 is 1.88 bits per heavy atom. The van der Waals surface area contributed by atoms with Crippen LogP contribution in [0.3, 0.4) is 0 Å². The molecule has 2 aliphatic rings. The topological polar surface area (TPSA) is 50.7 Å². The Balaban J connectivity index is 1.45. The molecule has 4 nitrogen and oxygen atoms in total. The molecule has 1 N–H and O–H groups in total. The standard InChI is InChI=1S/C21H30N2O2/c1-21(2,3)25-20(24)23-18-10-7-15(8-11-18)14-22-19-12-9-16-5-4-6-17(16)13-19/h9,12-15,18H,4-8,10-11H2,1-3H3,(H,23,24). The van der Waals surface area contributed by atoms with E-state index in [-0.39, 0.29) is 12.1 Å². The summed E-state index contributed by atoms with van der Waals surface area (Å²) in [7, 11) is 0. The minimum Gasteiger partial charge on any atom is -0.444 e. The Morgan fingerprint density at radius 3 is 2.60 bits per heavy atom. The van der Waals surface area contributed by atoms with Gasteiger partial charge in [-0.25, -0.2) is 4.79 Å². The van der Waals surface area contributed by atoms with E-state index < -0.39 is 5.60 Å². The number of ether oxygens (including phenoxy) is 1. The third kappa shape index (κ3) is 5.32. The fourth-order valence-corrected chi connectivity index (χ4v) is 3.72. The molecule has 0 aliphatic heterocycles. The lowest BCUT2D eigenvalue weighted by atomic mass is 9.87. The zero-order chi connectivity index (χ0) is 17.9. The molecular formula is C21H30N2O2. The molecule has 136 valence electrons. The molecule has 0 heterocycles. The highest BCUT2D eigenvalue weighted by Crippen LogP contribution is 2.28. The second-order valence-electron chi connectivity index (χ2n) is 8.34. The molecule has 0 bridgehead atoms. The normalized spacial score (nSPS) is 23.5. The van der Waals surface area contributed by atoms with E-state index in [0.29, 0.717) is 5.92 Å². The Hall–Kier alpha value is -1.84. The van der Waals surface area contributed by atoms with Crippen LogP contribution in [-0.4, -0.2) is 24.0 Å². The molecular weight excluding hydrogens is 312 g/mol. The summed E-state index contributed by atoms with van der Waals surface area (Å²) < 4.78 is 5.33. The highest BCUT2D eigenvalue weighted by atomic mass is 16.6. The van der Waals surface area contributed by atoms with Gasteiger partial charge >= 0.3 is 6.09 Å². The lowest BCUT2D eigenvalue weighted by Crippen LogP contribution is -2.41. The number of aliphatic imine (C=N–C) groups is 1. The minimum atomic E-state index is -0.441. The van der Waals surface area contributed by atoms with Gasteiger partial charge in [0.05, 0.1) is 5.69 Å². The number of nitrogens with zero attached hydrogens (tertiary/aromatic N) is 1. The van der Waals surface area contributed by atoms with Crippen molar-refractivity contribution in [2.45, 2.75) is 77.4 Å². The van der Waals surface area contributed by atoms with Crippen molar-refractivity contribution >= 4 is 18.0 Å². The molecule has 0 unspecified atom stereocenters. The Morgan fingerprint density at radius 1 is 1.16 bits per heavy atom. The van der Waals surface area contributed by atoms with Gasteiger partial charge in [-0.1, -0.05) is 6.07 Å². The predicted molar refractivity (Wildman–Crippen MR) is 102 cm³/mol. The third-order valence-corrected chi connectivity index (χ3v) is 5.01. The number of amides is 1. The van der Waals surface area contributed by atoms with Gasteiger partial charge in [0.2, 0.25) is 0 Å². The fraction of sp³-hybridized carbons (Fsp3) is 0.619. The number of carbonyl (C=O) groups excluding carboxylic acids is 1. The first kappa shape index (κ1) is 18.0. The maximum atomic E-state index is 11.9. The molecule has 0 radical (unpaired) electrons. The summed E-state index contributed by atoms with van der Waals surface area (Å²) in [6, 6.07) is 6.83. The van der Waals surface area contributed by atoms with Crippen LogP contribution in [0.5, 0.6) is 0 Å². The van der Waals surface area contributed by atoms with Gasteiger partial charge < -0.3 is 10.1 Å². The average Bonchev–Trinajstić information content (AvgIpc) is 3.00. The maximum Gasteiger partial charge on any atom is 0.407 e. The summed E-state index contributed by atoms with van der Waals surface area (Å²) in [4.78, 5) is 16.6. The summed E-state index contributed by atoms with van der Waals surface area (Å²) in [6.45, 7) is 5.66. The number of rotatable bonds is 3. The molecule has 1 fully saturated rings. The molecule has 3 rings (SSSR count). The smallest absolute Gasteiger partial charge is 0.407 e. The number of carbonyl (C=O) groups is 1. The summed E-state index contributed by atoms with van der Waals surface area (Å²) in [6.07, 6.45) is 9.60. The van der Waals surface area contributed by atoms with Crippen molar-refractivity contribution in [2.75, 3.05) is 0 Å². The number of hydrogen-bond donors (Lipinski definition) is 1. The van der Waals surface area contributed by atoms with Gasteiger partial charge in [-0.15, -0.1) is 0 Å². The first-order valence-electron chi connectivity index (χ1n) is 9.54. The second kappa shape index (κ2) is 7.59. The monoisotopic (exact) mass is 342 g/mol. The number of benzene rings is 1. The van der Waals surface area contributed by atoms with Crippen LogP contribution in [0, 0.1) is 5.92 Å². The van der Waals surface area contributed by atoms with Crippen LogP contribution >= 0.6 is 0 Å². The van der Waals surface area contributed by atoms with Crippen molar-refractivity contribution in [1.82, 2.24) is 5.32 Å². The van der Waals surface area contributed by atoms with E-state index in [1.54, 1.807) is 0 Å². The van der Waals surface area contributed by atoms with Gasteiger partial charge in [0.15, 0.2) is 0 Å². The summed E-state index contributed by atoms with van der Waals surface area (Å²) in [5.41, 5.74) is 3.60. The largest absolute Gasteiger partial charge is 0.444 e. The van der Waals surface area contributed by atoms with E-state index in [1.165, 1.54) is 30.4 Å². The maximum absolute atomic E-state index is 11.9. The van der Waals surface area contributed by atoms with Gasteiger partial charge in [0, 0.05) is 12.3 Å². The van der Waals surface area contributed by atoms with E-state index >= 15 is 0 Å². The van der Waals surface area contributed by atoms with Crippen LogP contribution < -0.4 is 5.32 Å². The Bertz CT molecular complexity index is 638. The molecule has 4 heteroatoms. The van der Waals surface area contributed by atoms with Gasteiger partial charge in [0.1, 0.15) is 5.60 Å². The van der Waals surface area contributed by atoms with Crippen LogP contribution in [0.1, 0.15) is 64.0 Å². The van der Waals surface area contributed by atoms with E-state index in [2.05, 4.69) is 29.7 Å². The quantitative estimate of drug-likeness (QED) is 0.789. The average molecular weight is 342 g/mol. The number of hydrogen-bond acceptors (Lipinski definition) is 3. The van der Waals surface area contributed by atoms with E-state index in [9.17, 15) is 4.79 Å². The SMILES string of the molecule is CC(C)(C)OC(=O)NC1CCC(C=Nc2ccc3c(c2)CCC3)CC1. The summed E-state index contributed by atoms with van der Waals surface area (Å²) >= 11 is 0. The van der Waals surface area contributed by atoms with Crippen LogP contribution in [0.15, 0.2) is 23.2 Å². The highest BCUT2D eigenvalue weighted by molar-refractivity contribution is 5.68. The summed E-state index contributed by atoms with van der Waals surface area (Å²) in [5.74, 6) is 0.505. The van der Waals surface area contributed by atoms with Gasteiger partial charge in [-0.3, -0.25) is 4.99 Å². The first-order valence-corrected chi connectivity index (χ1v) is 9.54. The second-order valence-corrected chi connectivity index (χ2v) is 8.34. The minimum absolute atomic E-state index is 0.222. The number of fused-ring (bicyclic) bond motifs is 1. The van der Waals surface area contributed by atoms with Gasteiger partial charge in [-0.05, 0) is 94.9 Å². The molecule has 0 aromatic heterocycles. The third-order valence-electron chi connectivity index (χ3n) is 5.01. The fourth-order valence-electron chi connectivity index (χ4n) is 3.72. The highest BCUT2D eigenvalue weighted by Gasteiger charge is 2.24. The van der Waals surface area contributed by atoms with E-state index in [1.807, 2.05) is 20.8 Å². The molecule has 1 aromatic carbocycles. The van der Waals surface area contributed by atoms with Crippen LogP contribution in [-0.2, 0) is 17.6 Å². The Kier molecular flexibility index (Phi) is 5.45. The van der Waals surface area contributed by atoms with E-state index in [0.717, 1.165) is 31.4 Å². The van der Waals surface area contributed by atoms with Crippen LogP contribution in [0.2, 0.25) is 0 Å². The van der Waals surface area contributed by atoms with Crippen LogP contribution in [0.25, 0.3) is 0 Å². The van der Waals surface area contributed by atoms with Crippen molar-refractivity contribution in [1.29, 1.82) is 0 Å². The molecule has 2 aliphatic carbocycles. The lowest BCUT2D eigenvalue weighted by molar-refractivity contribution is 0.0491. The van der Waals surface area contributed by atoms with Gasteiger partial charge in [0.25, 0.3) is 0 Å². The van der Waals surface area contributed by atoms with Crippen molar-refractivity contribution in [2.24, 2.45) is 10.9 Å². The Labute approximate surface area is 151 Å². The van der Waals surface area contributed by atoms with Crippen molar-refractivity contribution in [3.63, 3.8) is 0 Å². The molecule has 0 spiro atoms. The zero-order valence-electron chi connectivity index (χ0n) is 15.7. The lowest BCUT2D eigenvalue weighted by Gasteiger charge is -2.28. The number of aryl methyl sites for hydroxylation is 2. The van der Waals surface area contributed by atoms with Crippen molar-refractivity contribution < 1.29 is 9.53 Å². The van der Waals surface area contributed by atoms with Crippen molar-refractivity contribution in [3.05, 3.63) is 29.3 Å². The molecule has 1 aromatic rings. The molecule has 0 atom stereocenters. The van der Waals surface area contributed by atoms with Crippen LogP contribution in [0.4, 0.5) is 10.5 Å². The van der Waals surface area contributed by atoms with Gasteiger partial charge in [-0.2, -0.15) is 0 Å². The van der Waals surface area contributed by atoms with E-state index in [4.69, 9.17) is 9.73 Å².